The Morgan fingerprint density at radius 3 is 2.57 bits per heavy atom. The van der Waals surface area contributed by atoms with Crippen LogP contribution in [0, 0.1) is 5.82 Å². The molecule has 5 nitrogen and oxygen atoms in total. The molecule has 0 atom stereocenters. The number of aromatic nitrogens is 1. The molecule has 2 amide bonds. The molecule has 2 aromatic carbocycles. The summed E-state index contributed by atoms with van der Waals surface area (Å²) in [6.45, 7) is 0.655. The van der Waals surface area contributed by atoms with Gasteiger partial charge in [0.25, 0.3) is 11.8 Å². The molecule has 2 aromatic heterocycles. The normalized spacial score (nSPS) is 14.3. The van der Waals surface area contributed by atoms with Crippen LogP contribution in [0.2, 0.25) is 0 Å². The molecule has 0 spiro atoms. The first-order valence-electron chi connectivity index (χ1n) is 9.54. The van der Waals surface area contributed by atoms with Crippen molar-refractivity contribution in [1.82, 2.24) is 9.88 Å². The van der Waals surface area contributed by atoms with Gasteiger partial charge in [0.05, 0.1) is 11.1 Å². The number of rotatable bonds is 5. The van der Waals surface area contributed by atoms with Crippen LogP contribution in [-0.2, 0) is 16.1 Å². The van der Waals surface area contributed by atoms with Gasteiger partial charge in [-0.05, 0) is 30.7 Å². The minimum Gasteiger partial charge on any atom is -0.396 e. The van der Waals surface area contributed by atoms with E-state index < -0.39 is 11.8 Å². The van der Waals surface area contributed by atoms with Gasteiger partial charge in [-0.15, -0.1) is 11.3 Å². The van der Waals surface area contributed by atoms with Crippen molar-refractivity contribution < 1.29 is 19.1 Å². The van der Waals surface area contributed by atoms with Gasteiger partial charge >= 0.3 is 0 Å². The highest BCUT2D eigenvalue weighted by atomic mass is 32.1. The number of nitrogens with zero attached hydrogens (tertiary/aromatic N) is 1. The van der Waals surface area contributed by atoms with Gasteiger partial charge in [-0.25, -0.2) is 4.39 Å². The van der Waals surface area contributed by atoms with Crippen molar-refractivity contribution in [2.75, 3.05) is 6.61 Å². The largest absolute Gasteiger partial charge is 0.396 e. The number of para-hydroxylation sites is 1. The number of hydrogen-bond donors (Lipinski definition) is 2. The standard InChI is InChI=1S/C23H17FN2O3S/c24-13-6-7-15-17(12-30-19(15)10-13)21-20(22(28)25-23(21)29)16-11-26(8-3-9-27)18-5-2-1-4-14(16)18/h1-2,4-7,10-12,27H,3,8-9H2,(H,25,28,29). The average Bonchev–Trinajstić information content (AvgIpc) is 3.39. The minimum atomic E-state index is -0.453. The number of carbonyl (C=O) groups is 2. The molecule has 0 aliphatic carbocycles. The second-order valence-corrected chi connectivity index (χ2v) is 8.06. The van der Waals surface area contributed by atoms with E-state index in [0.717, 1.165) is 21.0 Å². The number of thiophene rings is 1. The third-order valence-corrected chi connectivity index (χ3v) is 6.30. The lowest BCUT2D eigenvalue weighted by molar-refractivity contribution is -0.122. The molecule has 7 heteroatoms. The smallest absolute Gasteiger partial charge is 0.259 e. The lowest BCUT2D eigenvalue weighted by atomic mass is 9.95. The van der Waals surface area contributed by atoms with Crippen molar-refractivity contribution in [2.45, 2.75) is 13.0 Å². The Morgan fingerprint density at radius 1 is 1.00 bits per heavy atom. The van der Waals surface area contributed by atoms with Crippen LogP contribution >= 0.6 is 11.3 Å². The molecule has 5 rings (SSSR count). The first-order chi connectivity index (χ1) is 14.6. The molecule has 150 valence electrons. The first-order valence-corrected chi connectivity index (χ1v) is 10.4. The number of halogens is 1. The highest BCUT2D eigenvalue weighted by Crippen LogP contribution is 2.40. The molecule has 0 unspecified atom stereocenters. The predicted octanol–water partition coefficient (Wildman–Crippen LogP) is 3.94. The molecular formula is C23H17FN2O3S. The number of aliphatic hydroxyl groups excluding tert-OH is 1. The SMILES string of the molecule is O=C1NC(=O)C(c2cn(CCCO)c3ccccc23)=C1c1csc2cc(F)ccc12. The molecular weight excluding hydrogens is 403 g/mol. The van der Waals surface area contributed by atoms with E-state index in [1.807, 2.05) is 35.0 Å². The molecule has 0 radical (unpaired) electrons. The van der Waals surface area contributed by atoms with E-state index in [0.29, 0.717) is 35.2 Å². The molecule has 0 saturated carbocycles. The quantitative estimate of drug-likeness (QED) is 0.481. The van der Waals surface area contributed by atoms with Crippen LogP contribution in [0.5, 0.6) is 0 Å². The van der Waals surface area contributed by atoms with Crippen LogP contribution in [-0.4, -0.2) is 28.1 Å². The number of nitrogens with one attached hydrogen (secondary N) is 1. The van der Waals surface area contributed by atoms with Crippen molar-refractivity contribution in [3.05, 3.63) is 71.0 Å². The number of hydrogen-bond acceptors (Lipinski definition) is 4. The van der Waals surface area contributed by atoms with E-state index in [1.165, 1.54) is 23.5 Å². The van der Waals surface area contributed by atoms with Crippen molar-refractivity contribution in [3.63, 3.8) is 0 Å². The summed E-state index contributed by atoms with van der Waals surface area (Å²) in [4.78, 5) is 25.6. The first kappa shape index (κ1) is 18.7. The summed E-state index contributed by atoms with van der Waals surface area (Å²) in [6.07, 6.45) is 2.44. The van der Waals surface area contributed by atoms with Crippen molar-refractivity contribution >= 4 is 55.3 Å². The molecule has 30 heavy (non-hydrogen) atoms. The fourth-order valence-corrected chi connectivity index (χ4v) is 5.01. The maximum atomic E-state index is 13.6. The highest BCUT2D eigenvalue weighted by Gasteiger charge is 2.35. The Morgan fingerprint density at radius 2 is 1.77 bits per heavy atom. The van der Waals surface area contributed by atoms with Gasteiger partial charge in [-0.1, -0.05) is 18.2 Å². The predicted molar refractivity (Wildman–Crippen MR) is 115 cm³/mol. The molecule has 0 saturated heterocycles. The number of amides is 2. The van der Waals surface area contributed by atoms with Gasteiger partial charge in [0, 0.05) is 56.8 Å². The number of aryl methyl sites for hydroxylation is 1. The highest BCUT2D eigenvalue weighted by molar-refractivity contribution is 7.17. The summed E-state index contributed by atoms with van der Waals surface area (Å²) in [7, 11) is 0. The Labute approximate surface area is 175 Å². The van der Waals surface area contributed by atoms with Crippen LogP contribution in [0.15, 0.2) is 54.0 Å². The van der Waals surface area contributed by atoms with Crippen LogP contribution in [0.3, 0.4) is 0 Å². The van der Waals surface area contributed by atoms with E-state index in [1.54, 1.807) is 11.4 Å². The van der Waals surface area contributed by atoms with Crippen LogP contribution < -0.4 is 5.32 Å². The van der Waals surface area contributed by atoms with Gasteiger partial charge in [-0.3, -0.25) is 14.9 Å². The Balaban J connectivity index is 1.78. The number of fused-ring (bicyclic) bond motifs is 2. The summed E-state index contributed by atoms with van der Waals surface area (Å²) < 4.78 is 16.3. The lowest BCUT2D eigenvalue weighted by Gasteiger charge is -2.03. The molecule has 4 aromatic rings. The second-order valence-electron chi connectivity index (χ2n) is 7.15. The van der Waals surface area contributed by atoms with Gasteiger partial charge in [-0.2, -0.15) is 0 Å². The third-order valence-electron chi connectivity index (χ3n) is 5.35. The zero-order chi connectivity index (χ0) is 20.8. The fraction of sp³-hybridized carbons (Fsp3) is 0.130. The second kappa shape index (κ2) is 7.19. The molecule has 1 aliphatic heterocycles. The summed E-state index contributed by atoms with van der Waals surface area (Å²) >= 11 is 1.34. The van der Waals surface area contributed by atoms with E-state index in [9.17, 15) is 19.1 Å². The van der Waals surface area contributed by atoms with Crippen molar-refractivity contribution in [1.29, 1.82) is 0 Å². The van der Waals surface area contributed by atoms with Gasteiger partial charge in [0.15, 0.2) is 0 Å². The van der Waals surface area contributed by atoms with Gasteiger partial charge in [0.2, 0.25) is 0 Å². The zero-order valence-electron chi connectivity index (χ0n) is 15.8. The van der Waals surface area contributed by atoms with Crippen LogP contribution in [0.1, 0.15) is 17.5 Å². The lowest BCUT2D eigenvalue weighted by Crippen LogP contribution is -2.22. The fourth-order valence-electron chi connectivity index (χ4n) is 4.04. The van der Waals surface area contributed by atoms with Crippen LogP contribution in [0.4, 0.5) is 4.39 Å². The molecule has 0 bridgehead atoms. The number of imide groups is 1. The van der Waals surface area contributed by atoms with Crippen molar-refractivity contribution in [3.8, 4) is 0 Å². The van der Waals surface area contributed by atoms with Crippen LogP contribution in [0.25, 0.3) is 32.1 Å². The van der Waals surface area contributed by atoms with Gasteiger partial charge in [0.1, 0.15) is 5.82 Å². The molecule has 2 N–H and O–H groups in total. The Hall–Kier alpha value is -3.29. The summed E-state index contributed by atoms with van der Waals surface area (Å²) in [6, 6.07) is 12.1. The minimum absolute atomic E-state index is 0.0617. The number of benzene rings is 2. The van der Waals surface area contributed by atoms with E-state index in [2.05, 4.69) is 5.32 Å². The Bertz CT molecular complexity index is 1370. The van der Waals surface area contributed by atoms with E-state index in [-0.39, 0.29) is 12.4 Å². The van der Waals surface area contributed by atoms with E-state index >= 15 is 0 Å². The third kappa shape index (κ3) is 2.86. The maximum Gasteiger partial charge on any atom is 0.259 e. The maximum absolute atomic E-state index is 13.6. The summed E-state index contributed by atoms with van der Waals surface area (Å²) in [5.41, 5.74) is 2.85. The topological polar surface area (TPSA) is 71.3 Å². The molecule has 0 fully saturated rings. The van der Waals surface area contributed by atoms with Gasteiger partial charge < -0.3 is 9.67 Å². The zero-order valence-corrected chi connectivity index (χ0v) is 16.6. The summed E-state index contributed by atoms with van der Waals surface area (Å²) in [5.74, 6) is -1.24. The monoisotopic (exact) mass is 420 g/mol. The number of carbonyl (C=O) groups excluding carboxylic acids is 2. The van der Waals surface area contributed by atoms with E-state index in [4.69, 9.17) is 0 Å². The number of aliphatic hydroxyl groups is 1. The molecule has 1 aliphatic rings. The average molecular weight is 420 g/mol. The molecule has 3 heterocycles. The summed E-state index contributed by atoms with van der Waals surface area (Å²) in [5, 5.41) is 15.0. The Kier molecular flexibility index (Phi) is 4.49. The van der Waals surface area contributed by atoms with Crippen molar-refractivity contribution in [2.24, 2.45) is 0 Å².